The second kappa shape index (κ2) is 8.25. The number of para-hydroxylation sites is 1. The van der Waals surface area contributed by atoms with Crippen LogP contribution in [0.5, 0.6) is 5.75 Å². The number of rotatable bonds is 5. The van der Waals surface area contributed by atoms with E-state index in [9.17, 15) is 4.79 Å². The van der Waals surface area contributed by atoms with Gasteiger partial charge in [-0.2, -0.15) is 4.98 Å². The Hall–Kier alpha value is -3.15. The lowest BCUT2D eigenvalue weighted by molar-refractivity contribution is -0.134. The summed E-state index contributed by atoms with van der Waals surface area (Å²) in [6, 6.07) is 15.4. The van der Waals surface area contributed by atoms with E-state index in [4.69, 9.17) is 9.26 Å². The van der Waals surface area contributed by atoms with Crippen LogP contribution in [-0.2, 0) is 4.79 Å². The SMILES string of the molecule is Cc1cccc(-c2noc(-c3ccccc3OCC(=O)N3CCCCC3)n2)c1. The molecule has 0 bridgehead atoms. The molecule has 0 N–H and O–H groups in total. The average Bonchev–Trinajstić information content (AvgIpc) is 3.23. The van der Waals surface area contributed by atoms with Gasteiger partial charge in [0.15, 0.2) is 6.61 Å². The minimum absolute atomic E-state index is 0.00981. The van der Waals surface area contributed by atoms with Gasteiger partial charge >= 0.3 is 0 Å². The second-order valence-electron chi connectivity index (χ2n) is 7.02. The van der Waals surface area contributed by atoms with Crippen molar-refractivity contribution in [1.29, 1.82) is 0 Å². The van der Waals surface area contributed by atoms with Gasteiger partial charge in [-0.1, -0.05) is 41.1 Å². The molecular formula is C22H23N3O3. The molecule has 144 valence electrons. The Labute approximate surface area is 164 Å². The first kappa shape index (κ1) is 18.2. The van der Waals surface area contributed by atoms with Crippen molar-refractivity contribution in [2.24, 2.45) is 0 Å². The lowest BCUT2D eigenvalue weighted by Crippen LogP contribution is -2.38. The second-order valence-corrected chi connectivity index (χ2v) is 7.02. The van der Waals surface area contributed by atoms with Crippen LogP contribution in [-0.4, -0.2) is 40.6 Å². The molecule has 0 spiro atoms. The average molecular weight is 377 g/mol. The van der Waals surface area contributed by atoms with E-state index in [1.807, 2.05) is 60.4 Å². The predicted molar refractivity (Wildman–Crippen MR) is 106 cm³/mol. The number of ether oxygens (including phenoxy) is 1. The number of aromatic nitrogens is 2. The highest BCUT2D eigenvalue weighted by atomic mass is 16.5. The molecule has 1 fully saturated rings. The number of hydrogen-bond donors (Lipinski definition) is 0. The summed E-state index contributed by atoms with van der Waals surface area (Å²) >= 11 is 0. The number of likely N-dealkylation sites (tertiary alicyclic amines) is 1. The van der Waals surface area contributed by atoms with Crippen LogP contribution in [0.4, 0.5) is 0 Å². The standard InChI is InChI=1S/C22H23N3O3/c1-16-8-7-9-17(14-16)21-23-22(28-24-21)18-10-3-4-11-19(18)27-15-20(26)25-12-5-2-6-13-25/h3-4,7-11,14H,2,5-6,12-13,15H2,1H3. The molecule has 0 atom stereocenters. The largest absolute Gasteiger partial charge is 0.483 e. The van der Waals surface area contributed by atoms with Crippen LogP contribution < -0.4 is 4.74 Å². The molecule has 0 aliphatic carbocycles. The van der Waals surface area contributed by atoms with E-state index in [0.717, 1.165) is 37.1 Å². The zero-order valence-corrected chi connectivity index (χ0v) is 15.9. The summed E-state index contributed by atoms with van der Waals surface area (Å²) in [4.78, 5) is 18.8. The van der Waals surface area contributed by atoms with Gasteiger partial charge in [-0.3, -0.25) is 4.79 Å². The van der Waals surface area contributed by atoms with Gasteiger partial charge in [-0.15, -0.1) is 0 Å². The number of carbonyl (C=O) groups excluding carboxylic acids is 1. The fourth-order valence-corrected chi connectivity index (χ4v) is 3.38. The van der Waals surface area contributed by atoms with Gasteiger partial charge in [0.05, 0.1) is 5.56 Å². The fraction of sp³-hybridized carbons (Fsp3) is 0.318. The van der Waals surface area contributed by atoms with E-state index in [1.165, 1.54) is 6.42 Å². The van der Waals surface area contributed by atoms with Gasteiger partial charge in [0, 0.05) is 18.7 Å². The molecule has 4 rings (SSSR count). The Balaban J connectivity index is 1.51. The summed E-state index contributed by atoms with van der Waals surface area (Å²) in [7, 11) is 0. The maximum atomic E-state index is 12.4. The minimum Gasteiger partial charge on any atom is -0.483 e. The van der Waals surface area contributed by atoms with E-state index in [-0.39, 0.29) is 12.5 Å². The van der Waals surface area contributed by atoms with Crippen LogP contribution in [0.3, 0.4) is 0 Å². The van der Waals surface area contributed by atoms with Crippen LogP contribution in [0.15, 0.2) is 53.1 Å². The number of piperidine rings is 1. The van der Waals surface area contributed by atoms with Gasteiger partial charge in [-0.05, 0) is 44.4 Å². The molecule has 1 amide bonds. The zero-order valence-electron chi connectivity index (χ0n) is 15.9. The summed E-state index contributed by atoms with van der Waals surface area (Å²) in [6.07, 6.45) is 3.31. The van der Waals surface area contributed by atoms with E-state index >= 15 is 0 Å². The topological polar surface area (TPSA) is 68.5 Å². The molecule has 2 aromatic carbocycles. The third-order valence-corrected chi connectivity index (χ3v) is 4.88. The maximum absolute atomic E-state index is 12.4. The number of aryl methyl sites for hydroxylation is 1. The molecule has 1 aliphatic rings. The van der Waals surface area contributed by atoms with E-state index in [2.05, 4.69) is 10.1 Å². The van der Waals surface area contributed by atoms with Gasteiger partial charge in [0.1, 0.15) is 5.75 Å². The normalized spacial score (nSPS) is 14.1. The van der Waals surface area contributed by atoms with Crippen molar-refractivity contribution in [3.63, 3.8) is 0 Å². The van der Waals surface area contributed by atoms with Crippen molar-refractivity contribution in [2.45, 2.75) is 26.2 Å². The van der Waals surface area contributed by atoms with Gasteiger partial charge in [0.2, 0.25) is 5.82 Å². The molecule has 1 saturated heterocycles. The number of hydrogen-bond acceptors (Lipinski definition) is 5. The van der Waals surface area contributed by atoms with Gasteiger partial charge < -0.3 is 14.2 Å². The predicted octanol–water partition coefficient (Wildman–Crippen LogP) is 4.10. The Morgan fingerprint density at radius 3 is 2.75 bits per heavy atom. The van der Waals surface area contributed by atoms with Crippen molar-refractivity contribution in [1.82, 2.24) is 15.0 Å². The van der Waals surface area contributed by atoms with Crippen LogP contribution in [0, 0.1) is 6.92 Å². The van der Waals surface area contributed by atoms with E-state index in [1.54, 1.807) is 0 Å². The summed E-state index contributed by atoms with van der Waals surface area (Å²) in [5.74, 6) is 1.48. The first-order valence-electron chi connectivity index (χ1n) is 9.61. The van der Waals surface area contributed by atoms with Gasteiger partial charge in [-0.25, -0.2) is 0 Å². The molecule has 0 saturated carbocycles. The zero-order chi connectivity index (χ0) is 19.3. The van der Waals surface area contributed by atoms with Crippen molar-refractivity contribution >= 4 is 5.91 Å². The molecule has 6 heteroatoms. The third kappa shape index (κ3) is 4.06. The minimum atomic E-state index is 0.00981. The number of benzene rings is 2. The lowest BCUT2D eigenvalue weighted by Gasteiger charge is -2.26. The summed E-state index contributed by atoms with van der Waals surface area (Å²) in [6.45, 7) is 3.66. The Kier molecular flexibility index (Phi) is 5.37. The Bertz CT molecular complexity index is 961. The van der Waals surface area contributed by atoms with Crippen LogP contribution in [0.25, 0.3) is 22.8 Å². The highest BCUT2D eigenvalue weighted by Crippen LogP contribution is 2.30. The van der Waals surface area contributed by atoms with Crippen LogP contribution >= 0.6 is 0 Å². The lowest BCUT2D eigenvalue weighted by atomic mass is 10.1. The summed E-state index contributed by atoms with van der Waals surface area (Å²) in [5, 5.41) is 4.10. The van der Waals surface area contributed by atoms with E-state index in [0.29, 0.717) is 23.0 Å². The number of nitrogens with zero attached hydrogens (tertiary/aromatic N) is 3. The van der Waals surface area contributed by atoms with Crippen LogP contribution in [0.1, 0.15) is 24.8 Å². The summed E-state index contributed by atoms with van der Waals surface area (Å²) < 4.78 is 11.3. The number of carbonyl (C=O) groups is 1. The smallest absolute Gasteiger partial charge is 0.262 e. The Morgan fingerprint density at radius 1 is 1.11 bits per heavy atom. The molecule has 0 radical (unpaired) electrons. The molecule has 1 aliphatic heterocycles. The fourth-order valence-electron chi connectivity index (χ4n) is 3.38. The van der Waals surface area contributed by atoms with E-state index < -0.39 is 0 Å². The molecule has 6 nitrogen and oxygen atoms in total. The first-order valence-corrected chi connectivity index (χ1v) is 9.61. The molecule has 3 aromatic rings. The molecule has 1 aromatic heterocycles. The molecular weight excluding hydrogens is 354 g/mol. The molecule has 2 heterocycles. The van der Waals surface area contributed by atoms with Crippen molar-refractivity contribution < 1.29 is 14.1 Å². The monoisotopic (exact) mass is 377 g/mol. The highest BCUT2D eigenvalue weighted by molar-refractivity contribution is 5.78. The maximum Gasteiger partial charge on any atom is 0.262 e. The highest BCUT2D eigenvalue weighted by Gasteiger charge is 2.19. The summed E-state index contributed by atoms with van der Waals surface area (Å²) in [5.41, 5.74) is 2.71. The Morgan fingerprint density at radius 2 is 1.93 bits per heavy atom. The molecule has 28 heavy (non-hydrogen) atoms. The van der Waals surface area contributed by atoms with Crippen LogP contribution in [0.2, 0.25) is 0 Å². The third-order valence-electron chi connectivity index (χ3n) is 4.88. The quantitative estimate of drug-likeness (QED) is 0.669. The van der Waals surface area contributed by atoms with Crippen molar-refractivity contribution in [2.75, 3.05) is 19.7 Å². The molecule has 0 unspecified atom stereocenters. The van der Waals surface area contributed by atoms with Crippen molar-refractivity contribution in [3.05, 3.63) is 54.1 Å². The first-order chi connectivity index (χ1) is 13.7. The van der Waals surface area contributed by atoms with Crippen molar-refractivity contribution in [3.8, 4) is 28.6 Å². The van der Waals surface area contributed by atoms with Gasteiger partial charge in [0.25, 0.3) is 11.8 Å². The number of amides is 1.